The molecule has 0 spiro atoms. The van der Waals surface area contributed by atoms with Gasteiger partial charge in [-0.2, -0.15) is 22.5 Å². The van der Waals surface area contributed by atoms with Crippen LogP contribution in [0, 0.1) is 5.92 Å². The summed E-state index contributed by atoms with van der Waals surface area (Å²) in [6.07, 6.45) is -1.49. The van der Waals surface area contributed by atoms with Gasteiger partial charge in [-0.15, -0.1) is 0 Å². The summed E-state index contributed by atoms with van der Waals surface area (Å²) in [4.78, 5) is 16.7. The average molecular weight is 474 g/mol. The first-order valence-electron chi connectivity index (χ1n) is 10.6. The number of hydrogen-bond donors (Lipinski definition) is 3. The largest absolute Gasteiger partial charge is 0.481 e. The maximum atomic E-state index is 12.9. The number of benzene rings is 1. The second kappa shape index (κ2) is 12.0. The predicted octanol–water partition coefficient (Wildman–Crippen LogP) is 4.91. The van der Waals surface area contributed by atoms with Crippen molar-refractivity contribution in [3.05, 3.63) is 29.6 Å². The van der Waals surface area contributed by atoms with Crippen molar-refractivity contribution in [2.24, 2.45) is 11.7 Å². The van der Waals surface area contributed by atoms with Crippen molar-refractivity contribution in [2.45, 2.75) is 52.1 Å². The predicted molar refractivity (Wildman–Crippen MR) is 121 cm³/mol. The number of aromatic nitrogens is 2. The molecule has 0 unspecified atom stereocenters. The summed E-state index contributed by atoms with van der Waals surface area (Å²) in [6.45, 7) is 6.36. The molecule has 0 aliphatic rings. The third kappa shape index (κ3) is 8.27. The molecule has 0 saturated heterocycles. The Morgan fingerprint density at radius 2 is 2.03 bits per heavy atom. The van der Waals surface area contributed by atoms with Crippen LogP contribution in [0.1, 0.15) is 50.9 Å². The lowest BCUT2D eigenvalue weighted by Gasteiger charge is -2.29. The topological polar surface area (TPSA) is 104 Å². The van der Waals surface area contributed by atoms with E-state index in [-0.39, 0.29) is 11.6 Å². The highest BCUT2D eigenvalue weighted by Crippen LogP contribution is 2.34. The average Bonchev–Trinajstić information content (AvgIpc) is 3.18. The molecular formula is C21H30F3N5O2S. The summed E-state index contributed by atoms with van der Waals surface area (Å²) in [5.74, 6) is -1.74. The zero-order chi connectivity index (χ0) is 23.7. The van der Waals surface area contributed by atoms with Gasteiger partial charge in [0, 0.05) is 31.0 Å². The number of halogens is 3. The van der Waals surface area contributed by atoms with Crippen LogP contribution in [0.3, 0.4) is 0 Å². The number of nitrogens with one attached hydrogen (secondary N) is 1. The number of aliphatic carboxylic acids is 1. The molecule has 178 valence electrons. The standard InChI is InChI=1S/C21H30F3N5O2S/c1-14(2)13-29(11-5-3-4-10-25)17-8-6-15(7-9-18(30)31)12-16(17)26-20-27-19(28-32-20)21(22,23)24/h6,8,12,14H,3-5,7,9-11,13,25H2,1-2H3,(H,30,31)(H,26,27,28). The van der Waals surface area contributed by atoms with Crippen molar-refractivity contribution in [3.8, 4) is 0 Å². The van der Waals surface area contributed by atoms with Crippen LogP contribution in [-0.2, 0) is 17.4 Å². The summed E-state index contributed by atoms with van der Waals surface area (Å²) < 4.78 is 42.1. The Kier molecular flexibility index (Phi) is 9.70. The minimum absolute atomic E-state index is 0.0292. The fraction of sp³-hybridized carbons (Fsp3) is 0.571. The molecule has 0 bridgehead atoms. The van der Waals surface area contributed by atoms with Crippen molar-refractivity contribution < 1.29 is 23.1 Å². The van der Waals surface area contributed by atoms with Crippen LogP contribution in [0.25, 0.3) is 0 Å². The van der Waals surface area contributed by atoms with Gasteiger partial charge in [0.05, 0.1) is 11.4 Å². The van der Waals surface area contributed by atoms with Crippen LogP contribution in [-0.4, -0.2) is 40.1 Å². The van der Waals surface area contributed by atoms with E-state index in [9.17, 15) is 18.0 Å². The van der Waals surface area contributed by atoms with Gasteiger partial charge in [0.25, 0.3) is 0 Å². The highest BCUT2D eigenvalue weighted by atomic mass is 32.1. The van der Waals surface area contributed by atoms with Gasteiger partial charge in [0.2, 0.25) is 11.0 Å². The zero-order valence-corrected chi connectivity index (χ0v) is 19.1. The Morgan fingerprint density at radius 1 is 1.28 bits per heavy atom. The van der Waals surface area contributed by atoms with E-state index in [1.54, 1.807) is 6.07 Å². The fourth-order valence-corrected chi connectivity index (χ4v) is 3.85. The lowest BCUT2D eigenvalue weighted by molar-refractivity contribution is -0.144. The van der Waals surface area contributed by atoms with Gasteiger partial charge < -0.3 is 21.1 Å². The van der Waals surface area contributed by atoms with Crippen molar-refractivity contribution in [1.29, 1.82) is 0 Å². The van der Waals surface area contributed by atoms with Crippen molar-refractivity contribution in [2.75, 3.05) is 29.9 Å². The fourth-order valence-electron chi connectivity index (χ4n) is 3.25. The molecule has 2 aromatic rings. The summed E-state index contributed by atoms with van der Waals surface area (Å²) in [7, 11) is 0. The van der Waals surface area contributed by atoms with E-state index in [2.05, 4.69) is 33.4 Å². The van der Waals surface area contributed by atoms with E-state index < -0.39 is 18.0 Å². The Bertz CT molecular complexity index is 873. The molecule has 0 aliphatic carbocycles. The summed E-state index contributed by atoms with van der Waals surface area (Å²) >= 11 is 0.635. The van der Waals surface area contributed by atoms with E-state index in [1.165, 1.54) is 0 Å². The van der Waals surface area contributed by atoms with Gasteiger partial charge in [-0.3, -0.25) is 4.79 Å². The molecule has 4 N–H and O–H groups in total. The number of rotatable bonds is 13. The number of carboxylic acid groups (broad SMARTS) is 1. The van der Waals surface area contributed by atoms with E-state index in [0.717, 1.165) is 43.6 Å². The van der Waals surface area contributed by atoms with Gasteiger partial charge in [-0.05, 0) is 49.4 Å². The number of carboxylic acids is 1. The van der Waals surface area contributed by atoms with Crippen LogP contribution >= 0.6 is 11.5 Å². The third-order valence-corrected chi connectivity index (χ3v) is 5.30. The number of hydrogen-bond acceptors (Lipinski definition) is 7. The molecule has 0 saturated carbocycles. The first kappa shape index (κ1) is 25.9. The molecule has 7 nitrogen and oxygen atoms in total. The van der Waals surface area contributed by atoms with E-state index in [0.29, 0.717) is 36.1 Å². The van der Waals surface area contributed by atoms with Crippen LogP contribution in [0.15, 0.2) is 18.2 Å². The first-order chi connectivity index (χ1) is 15.1. The maximum Gasteiger partial charge on any atom is 0.452 e. The van der Waals surface area contributed by atoms with Gasteiger partial charge in [0.1, 0.15) is 0 Å². The first-order valence-corrected chi connectivity index (χ1v) is 11.3. The minimum Gasteiger partial charge on any atom is -0.481 e. The molecule has 11 heteroatoms. The monoisotopic (exact) mass is 473 g/mol. The van der Waals surface area contributed by atoms with Crippen LogP contribution in [0.5, 0.6) is 0 Å². The third-order valence-electron chi connectivity index (χ3n) is 4.67. The number of alkyl halides is 3. The number of aryl methyl sites for hydroxylation is 1. The van der Waals surface area contributed by atoms with Gasteiger partial charge in [-0.25, -0.2) is 0 Å². The van der Waals surface area contributed by atoms with Crippen LogP contribution in [0.2, 0.25) is 0 Å². The normalized spacial score (nSPS) is 11.7. The van der Waals surface area contributed by atoms with Gasteiger partial charge >= 0.3 is 12.1 Å². The molecule has 0 amide bonds. The van der Waals surface area contributed by atoms with Gasteiger partial charge in [-0.1, -0.05) is 26.3 Å². The van der Waals surface area contributed by atoms with E-state index >= 15 is 0 Å². The maximum absolute atomic E-state index is 12.9. The molecule has 1 aromatic carbocycles. The second-order valence-electron chi connectivity index (χ2n) is 7.98. The number of carbonyl (C=O) groups is 1. The Balaban J connectivity index is 2.35. The molecule has 0 aliphatic heterocycles. The number of unbranched alkanes of at least 4 members (excludes halogenated alkanes) is 2. The summed E-state index contributed by atoms with van der Waals surface area (Å²) in [5, 5.41) is 12.0. The van der Waals surface area contributed by atoms with E-state index in [1.807, 2.05) is 12.1 Å². The summed E-state index contributed by atoms with van der Waals surface area (Å²) in [6, 6.07) is 5.52. The van der Waals surface area contributed by atoms with Crippen molar-refractivity contribution in [1.82, 2.24) is 9.36 Å². The van der Waals surface area contributed by atoms with E-state index in [4.69, 9.17) is 10.8 Å². The Labute approximate surface area is 190 Å². The number of nitrogens with two attached hydrogens (primary N) is 1. The second-order valence-corrected chi connectivity index (χ2v) is 8.73. The molecule has 0 radical (unpaired) electrons. The Hall–Kier alpha value is -2.40. The quantitative estimate of drug-likeness (QED) is 0.355. The molecule has 0 atom stereocenters. The van der Waals surface area contributed by atoms with Crippen molar-refractivity contribution >= 4 is 34.0 Å². The smallest absolute Gasteiger partial charge is 0.452 e. The zero-order valence-electron chi connectivity index (χ0n) is 18.3. The summed E-state index contributed by atoms with van der Waals surface area (Å²) in [5.41, 5.74) is 7.77. The van der Waals surface area contributed by atoms with Gasteiger partial charge in [0.15, 0.2) is 0 Å². The molecule has 1 aromatic heterocycles. The highest BCUT2D eigenvalue weighted by Gasteiger charge is 2.36. The molecule has 2 rings (SSSR count). The molecule has 1 heterocycles. The lowest BCUT2D eigenvalue weighted by Crippen LogP contribution is -2.29. The lowest BCUT2D eigenvalue weighted by atomic mass is 10.1. The molecule has 0 fully saturated rings. The number of nitrogens with zero attached hydrogens (tertiary/aromatic N) is 3. The van der Waals surface area contributed by atoms with Crippen LogP contribution in [0.4, 0.5) is 29.7 Å². The molecular weight excluding hydrogens is 443 g/mol. The number of anilines is 3. The van der Waals surface area contributed by atoms with Crippen molar-refractivity contribution in [3.63, 3.8) is 0 Å². The highest BCUT2D eigenvalue weighted by molar-refractivity contribution is 7.09. The SMILES string of the molecule is CC(C)CN(CCCCCN)c1ccc(CCC(=O)O)cc1Nc1nc(C(F)(F)F)ns1. The molecule has 32 heavy (non-hydrogen) atoms. The van der Waals surface area contributed by atoms with Crippen LogP contribution < -0.4 is 16.0 Å². The minimum atomic E-state index is -4.62. The Morgan fingerprint density at radius 3 is 2.62 bits per heavy atom.